The van der Waals surface area contributed by atoms with Crippen LogP contribution >= 0.6 is 12.4 Å². The fourth-order valence-corrected chi connectivity index (χ4v) is 2.94. The zero-order valence-electron chi connectivity index (χ0n) is 12.9. The van der Waals surface area contributed by atoms with Crippen LogP contribution in [0.15, 0.2) is 48.5 Å². The molecule has 3 nitrogen and oxygen atoms in total. The second-order valence-electron chi connectivity index (χ2n) is 5.60. The molecular formula is C18H23ClN2O. The molecular weight excluding hydrogens is 296 g/mol. The lowest BCUT2D eigenvalue weighted by atomic mass is 9.98. The van der Waals surface area contributed by atoms with E-state index in [1.54, 1.807) is 0 Å². The number of rotatable bonds is 4. The Morgan fingerprint density at radius 1 is 1.05 bits per heavy atom. The lowest BCUT2D eigenvalue weighted by Gasteiger charge is -2.29. The highest BCUT2D eigenvalue weighted by atomic mass is 35.5. The molecule has 1 aliphatic rings. The number of fused-ring (bicyclic) bond motifs is 1. The summed E-state index contributed by atoms with van der Waals surface area (Å²) in [7, 11) is 2.10. The average molecular weight is 319 g/mol. The summed E-state index contributed by atoms with van der Waals surface area (Å²) in [6, 6.07) is 17.1. The van der Waals surface area contributed by atoms with E-state index in [0.29, 0.717) is 0 Å². The standard InChI is InChI=1S/C18H22N2O.ClH/c1-19(17-5-3-2-4-6-17)18-8-7-15-9-10-20(11-12-21)14-16(15)13-18;/h2-8,13,21H,9-12,14H2,1H3;1H. The number of nitrogens with zero attached hydrogens (tertiary/aromatic N) is 2. The van der Waals surface area contributed by atoms with E-state index in [-0.39, 0.29) is 19.0 Å². The van der Waals surface area contributed by atoms with Gasteiger partial charge in [0, 0.05) is 38.1 Å². The Morgan fingerprint density at radius 3 is 2.55 bits per heavy atom. The molecule has 118 valence electrons. The molecule has 1 aliphatic heterocycles. The van der Waals surface area contributed by atoms with Crippen LogP contribution in [0, 0.1) is 0 Å². The van der Waals surface area contributed by atoms with Crippen molar-refractivity contribution < 1.29 is 5.11 Å². The third-order valence-corrected chi connectivity index (χ3v) is 4.23. The predicted octanol–water partition coefficient (Wildman–Crippen LogP) is 3.23. The summed E-state index contributed by atoms with van der Waals surface area (Å²) in [5.74, 6) is 0. The van der Waals surface area contributed by atoms with Crippen molar-refractivity contribution in [2.24, 2.45) is 0 Å². The lowest BCUT2D eigenvalue weighted by Crippen LogP contribution is -2.32. The number of aliphatic hydroxyl groups excluding tert-OH is 1. The van der Waals surface area contributed by atoms with Crippen molar-refractivity contribution in [2.75, 3.05) is 31.6 Å². The molecule has 0 fully saturated rings. The number of benzene rings is 2. The molecule has 0 radical (unpaired) electrons. The van der Waals surface area contributed by atoms with Crippen LogP contribution in [0.4, 0.5) is 11.4 Å². The Morgan fingerprint density at radius 2 is 1.82 bits per heavy atom. The number of anilines is 2. The number of halogens is 1. The predicted molar refractivity (Wildman–Crippen MR) is 94.3 cm³/mol. The number of hydrogen-bond acceptors (Lipinski definition) is 3. The summed E-state index contributed by atoms with van der Waals surface area (Å²) < 4.78 is 0. The molecule has 0 aliphatic carbocycles. The average Bonchev–Trinajstić information content (AvgIpc) is 2.54. The Bertz CT molecular complexity index is 603. The van der Waals surface area contributed by atoms with Gasteiger partial charge in [0.05, 0.1) is 6.61 Å². The molecule has 1 heterocycles. The summed E-state index contributed by atoms with van der Waals surface area (Å²) in [4.78, 5) is 4.53. The topological polar surface area (TPSA) is 26.7 Å². The molecule has 0 spiro atoms. The van der Waals surface area contributed by atoms with Gasteiger partial charge in [-0.25, -0.2) is 0 Å². The van der Waals surface area contributed by atoms with Gasteiger partial charge in [0.15, 0.2) is 0 Å². The van der Waals surface area contributed by atoms with Gasteiger partial charge < -0.3 is 10.0 Å². The molecule has 1 N–H and O–H groups in total. The van der Waals surface area contributed by atoms with Gasteiger partial charge in [-0.15, -0.1) is 12.4 Å². The first kappa shape index (κ1) is 16.8. The van der Waals surface area contributed by atoms with Gasteiger partial charge in [0.2, 0.25) is 0 Å². The SMILES string of the molecule is CN(c1ccccc1)c1ccc2c(c1)CN(CCO)CC2.Cl. The molecule has 0 unspecified atom stereocenters. The molecule has 0 saturated heterocycles. The highest BCUT2D eigenvalue weighted by Crippen LogP contribution is 2.28. The maximum atomic E-state index is 9.11. The van der Waals surface area contributed by atoms with Crippen LogP contribution in [0.2, 0.25) is 0 Å². The van der Waals surface area contributed by atoms with Crippen LogP contribution in [0.1, 0.15) is 11.1 Å². The van der Waals surface area contributed by atoms with E-state index in [1.807, 2.05) is 6.07 Å². The van der Waals surface area contributed by atoms with Crippen molar-refractivity contribution in [3.63, 3.8) is 0 Å². The minimum Gasteiger partial charge on any atom is -0.395 e. The summed E-state index contributed by atoms with van der Waals surface area (Å²) >= 11 is 0. The van der Waals surface area contributed by atoms with Gasteiger partial charge in [-0.1, -0.05) is 24.3 Å². The van der Waals surface area contributed by atoms with Crippen molar-refractivity contribution in [1.29, 1.82) is 0 Å². The van der Waals surface area contributed by atoms with E-state index in [2.05, 4.69) is 59.3 Å². The van der Waals surface area contributed by atoms with Gasteiger partial charge in [0.25, 0.3) is 0 Å². The van der Waals surface area contributed by atoms with Gasteiger partial charge in [-0.3, -0.25) is 4.90 Å². The lowest BCUT2D eigenvalue weighted by molar-refractivity contribution is 0.184. The summed E-state index contributed by atoms with van der Waals surface area (Å²) in [6.07, 6.45) is 1.07. The molecule has 0 aromatic heterocycles. The number of hydrogen-bond donors (Lipinski definition) is 1. The Balaban J connectivity index is 0.00000176. The summed E-state index contributed by atoms with van der Waals surface area (Å²) in [5.41, 5.74) is 5.23. The van der Waals surface area contributed by atoms with Crippen molar-refractivity contribution >= 4 is 23.8 Å². The number of β-amino-alcohol motifs (C(OH)–C–C–N with tert-alkyl or cyclic N) is 1. The molecule has 2 aromatic rings. The van der Waals surface area contributed by atoms with E-state index >= 15 is 0 Å². The molecule has 0 saturated carbocycles. The van der Waals surface area contributed by atoms with Gasteiger partial charge in [0.1, 0.15) is 0 Å². The quantitative estimate of drug-likeness (QED) is 0.937. The van der Waals surface area contributed by atoms with E-state index < -0.39 is 0 Å². The Kier molecular flexibility index (Phi) is 5.83. The van der Waals surface area contributed by atoms with E-state index in [9.17, 15) is 0 Å². The van der Waals surface area contributed by atoms with Crippen LogP contribution in [0.5, 0.6) is 0 Å². The fourth-order valence-electron chi connectivity index (χ4n) is 2.94. The zero-order valence-corrected chi connectivity index (χ0v) is 13.7. The molecule has 0 atom stereocenters. The molecule has 0 amide bonds. The van der Waals surface area contributed by atoms with Crippen molar-refractivity contribution in [3.8, 4) is 0 Å². The smallest absolute Gasteiger partial charge is 0.0558 e. The number of aliphatic hydroxyl groups is 1. The fraction of sp³-hybridized carbons (Fsp3) is 0.333. The largest absolute Gasteiger partial charge is 0.395 e. The molecule has 22 heavy (non-hydrogen) atoms. The van der Waals surface area contributed by atoms with Crippen molar-refractivity contribution in [1.82, 2.24) is 4.90 Å². The minimum atomic E-state index is 0. The normalized spacial score (nSPS) is 14.1. The van der Waals surface area contributed by atoms with Gasteiger partial charge >= 0.3 is 0 Å². The molecule has 0 bridgehead atoms. The first-order valence-electron chi connectivity index (χ1n) is 7.52. The van der Waals surface area contributed by atoms with Gasteiger partial charge in [-0.05, 0) is 41.8 Å². The third-order valence-electron chi connectivity index (χ3n) is 4.23. The highest BCUT2D eigenvalue weighted by Gasteiger charge is 2.16. The van der Waals surface area contributed by atoms with Crippen molar-refractivity contribution in [2.45, 2.75) is 13.0 Å². The van der Waals surface area contributed by atoms with E-state index in [1.165, 1.54) is 22.5 Å². The second-order valence-corrected chi connectivity index (χ2v) is 5.60. The molecule has 3 rings (SSSR count). The van der Waals surface area contributed by atoms with E-state index in [4.69, 9.17) is 5.11 Å². The van der Waals surface area contributed by atoms with Crippen LogP contribution < -0.4 is 4.90 Å². The molecule has 4 heteroatoms. The maximum Gasteiger partial charge on any atom is 0.0558 e. The van der Waals surface area contributed by atoms with Gasteiger partial charge in [-0.2, -0.15) is 0 Å². The number of para-hydroxylation sites is 1. The first-order valence-corrected chi connectivity index (χ1v) is 7.52. The zero-order chi connectivity index (χ0) is 14.7. The summed E-state index contributed by atoms with van der Waals surface area (Å²) in [5, 5.41) is 9.11. The maximum absolute atomic E-state index is 9.11. The first-order chi connectivity index (χ1) is 10.3. The monoisotopic (exact) mass is 318 g/mol. The van der Waals surface area contributed by atoms with Crippen LogP contribution in [0.3, 0.4) is 0 Å². The third kappa shape index (κ3) is 3.61. The van der Waals surface area contributed by atoms with E-state index in [0.717, 1.165) is 26.1 Å². The highest BCUT2D eigenvalue weighted by molar-refractivity contribution is 5.85. The van der Waals surface area contributed by atoms with Crippen LogP contribution in [-0.4, -0.2) is 36.8 Å². The molecule has 2 aromatic carbocycles. The minimum absolute atomic E-state index is 0. The van der Waals surface area contributed by atoms with Crippen molar-refractivity contribution in [3.05, 3.63) is 59.7 Å². The summed E-state index contributed by atoms with van der Waals surface area (Å²) in [6.45, 7) is 2.98. The second kappa shape index (κ2) is 7.63. The Hall–Kier alpha value is -1.55. The van der Waals surface area contributed by atoms with Crippen LogP contribution in [0.25, 0.3) is 0 Å². The van der Waals surface area contributed by atoms with Crippen LogP contribution in [-0.2, 0) is 13.0 Å². The Labute approximate surface area is 138 Å².